The van der Waals surface area contributed by atoms with E-state index in [-0.39, 0.29) is 36.8 Å². The molecule has 2 aliphatic rings. The minimum atomic E-state index is -1.25. The first kappa shape index (κ1) is 25.4. The van der Waals surface area contributed by atoms with Crippen molar-refractivity contribution in [2.45, 2.75) is 76.7 Å². The average Bonchev–Trinajstić information content (AvgIpc) is 3.47. The van der Waals surface area contributed by atoms with Crippen LogP contribution < -0.4 is 5.32 Å². The Kier molecular flexibility index (Phi) is 7.38. The van der Waals surface area contributed by atoms with Gasteiger partial charge in [-0.2, -0.15) is 0 Å². The molecule has 4 rings (SSSR count). The van der Waals surface area contributed by atoms with E-state index in [1.54, 1.807) is 0 Å². The first-order valence-corrected chi connectivity index (χ1v) is 12.4. The van der Waals surface area contributed by atoms with Crippen LogP contribution in [0.1, 0.15) is 69.1 Å². The van der Waals surface area contributed by atoms with Crippen LogP contribution in [-0.2, 0) is 16.8 Å². The van der Waals surface area contributed by atoms with Crippen molar-refractivity contribution in [2.24, 2.45) is 0 Å². The molecule has 0 saturated carbocycles. The smallest absolute Gasteiger partial charge is 0.286 e. The van der Waals surface area contributed by atoms with Crippen molar-refractivity contribution < 1.29 is 18.4 Å². The summed E-state index contributed by atoms with van der Waals surface area (Å²) in [7, 11) is 0. The monoisotopic (exact) mass is 485 g/mol. The Morgan fingerprint density at radius 3 is 2.49 bits per heavy atom. The summed E-state index contributed by atoms with van der Waals surface area (Å²) in [5.74, 6) is -0.617. The minimum absolute atomic E-state index is 0.0521. The SMILES string of the molecule is CC1(NCC(=O)N2C[C@@H](F)CC2C(=O)c2nnc(C(C)(C)C)o2)CCN(Cc2ccccc2)CC1. The van der Waals surface area contributed by atoms with Gasteiger partial charge in [0.15, 0.2) is 0 Å². The molecule has 3 heterocycles. The third-order valence-corrected chi connectivity index (χ3v) is 7.03. The number of ketones is 1. The minimum Gasteiger partial charge on any atom is -0.418 e. The number of carbonyl (C=O) groups excluding carboxylic acids is 2. The zero-order chi connectivity index (χ0) is 25.2. The van der Waals surface area contributed by atoms with Crippen LogP contribution in [0.15, 0.2) is 34.7 Å². The van der Waals surface area contributed by atoms with Crippen molar-refractivity contribution in [1.29, 1.82) is 0 Å². The summed E-state index contributed by atoms with van der Waals surface area (Å²) >= 11 is 0. The number of rotatable bonds is 7. The molecule has 8 nitrogen and oxygen atoms in total. The summed E-state index contributed by atoms with van der Waals surface area (Å²) in [4.78, 5) is 29.8. The normalized spacial score (nSPS) is 22.9. The third-order valence-electron chi connectivity index (χ3n) is 7.03. The summed E-state index contributed by atoms with van der Waals surface area (Å²) in [5, 5.41) is 11.2. The number of nitrogens with zero attached hydrogens (tertiary/aromatic N) is 4. The van der Waals surface area contributed by atoms with E-state index >= 15 is 0 Å². The van der Waals surface area contributed by atoms with E-state index in [2.05, 4.69) is 51.6 Å². The first-order valence-electron chi connectivity index (χ1n) is 12.4. The molecule has 0 spiro atoms. The second-order valence-corrected chi connectivity index (χ2v) is 11.1. The topological polar surface area (TPSA) is 91.6 Å². The summed E-state index contributed by atoms with van der Waals surface area (Å²) < 4.78 is 19.9. The molecule has 2 aliphatic heterocycles. The highest BCUT2D eigenvalue weighted by Gasteiger charge is 2.42. The molecule has 2 aromatic rings. The van der Waals surface area contributed by atoms with Crippen molar-refractivity contribution in [3.05, 3.63) is 47.7 Å². The number of carbonyl (C=O) groups is 2. The van der Waals surface area contributed by atoms with Crippen LogP contribution in [-0.4, -0.2) is 75.6 Å². The quantitative estimate of drug-likeness (QED) is 0.603. The van der Waals surface area contributed by atoms with Crippen LogP contribution in [0, 0.1) is 0 Å². The van der Waals surface area contributed by atoms with E-state index in [4.69, 9.17) is 4.42 Å². The Morgan fingerprint density at radius 1 is 1.17 bits per heavy atom. The predicted octanol–water partition coefficient (Wildman–Crippen LogP) is 3.13. The van der Waals surface area contributed by atoms with Gasteiger partial charge in [0.2, 0.25) is 17.6 Å². The number of alkyl halides is 1. The molecule has 0 aliphatic carbocycles. The number of hydrogen-bond acceptors (Lipinski definition) is 7. The van der Waals surface area contributed by atoms with Crippen LogP contribution in [0.25, 0.3) is 0 Å². The van der Waals surface area contributed by atoms with Gasteiger partial charge in [0.1, 0.15) is 12.2 Å². The Morgan fingerprint density at radius 2 is 1.86 bits per heavy atom. The van der Waals surface area contributed by atoms with Gasteiger partial charge in [-0.25, -0.2) is 4.39 Å². The number of benzene rings is 1. The Labute approximate surface area is 206 Å². The molecule has 1 aromatic heterocycles. The fraction of sp³-hybridized carbons (Fsp3) is 0.615. The van der Waals surface area contributed by atoms with Crippen molar-refractivity contribution in [3.63, 3.8) is 0 Å². The lowest BCUT2D eigenvalue weighted by molar-refractivity contribution is -0.131. The van der Waals surface area contributed by atoms with Crippen molar-refractivity contribution in [1.82, 2.24) is 25.3 Å². The van der Waals surface area contributed by atoms with Crippen LogP contribution >= 0.6 is 0 Å². The number of Topliss-reactive ketones (excluding diaryl/α,β-unsaturated/α-hetero) is 1. The lowest BCUT2D eigenvalue weighted by atomic mass is 9.89. The van der Waals surface area contributed by atoms with Gasteiger partial charge in [0.25, 0.3) is 5.89 Å². The van der Waals surface area contributed by atoms with Gasteiger partial charge in [-0.3, -0.25) is 14.5 Å². The predicted molar refractivity (Wildman–Crippen MR) is 130 cm³/mol. The van der Waals surface area contributed by atoms with E-state index in [1.807, 2.05) is 26.8 Å². The zero-order valence-electron chi connectivity index (χ0n) is 21.1. The molecule has 2 saturated heterocycles. The van der Waals surface area contributed by atoms with Crippen molar-refractivity contribution in [3.8, 4) is 0 Å². The molecule has 0 radical (unpaired) electrons. The zero-order valence-corrected chi connectivity index (χ0v) is 21.1. The molecule has 1 aromatic carbocycles. The standard InChI is InChI=1S/C26H36FN5O3/c1-25(2,3)24-30-29-23(35-24)22(34)20-14-19(27)17-32(20)21(33)15-28-26(4)10-12-31(13-11-26)16-18-8-6-5-7-9-18/h5-9,19-20,28H,10-17H2,1-4H3/t19-,20?/m0/s1. The molecule has 0 bridgehead atoms. The van der Waals surface area contributed by atoms with Gasteiger partial charge in [-0.15, -0.1) is 10.2 Å². The molecular formula is C26H36FN5O3. The molecule has 1 unspecified atom stereocenters. The van der Waals surface area contributed by atoms with E-state index in [0.29, 0.717) is 5.89 Å². The van der Waals surface area contributed by atoms with E-state index in [9.17, 15) is 14.0 Å². The van der Waals surface area contributed by atoms with Gasteiger partial charge in [0, 0.05) is 37.0 Å². The number of nitrogens with one attached hydrogen (secondary N) is 1. The number of halogens is 1. The van der Waals surface area contributed by atoms with Gasteiger partial charge in [0.05, 0.1) is 13.1 Å². The highest BCUT2D eigenvalue weighted by molar-refractivity contribution is 5.99. The maximum absolute atomic E-state index is 14.3. The molecule has 2 atom stereocenters. The fourth-order valence-electron chi connectivity index (χ4n) is 4.69. The van der Waals surface area contributed by atoms with Gasteiger partial charge < -0.3 is 14.6 Å². The molecule has 1 amide bonds. The largest absolute Gasteiger partial charge is 0.418 e. The maximum atomic E-state index is 14.3. The maximum Gasteiger partial charge on any atom is 0.286 e. The van der Waals surface area contributed by atoms with Gasteiger partial charge >= 0.3 is 0 Å². The van der Waals surface area contributed by atoms with Crippen LogP contribution in [0.5, 0.6) is 0 Å². The van der Waals surface area contributed by atoms with Crippen LogP contribution in [0.4, 0.5) is 4.39 Å². The highest BCUT2D eigenvalue weighted by Crippen LogP contribution is 2.27. The lowest BCUT2D eigenvalue weighted by Crippen LogP contribution is -2.54. The lowest BCUT2D eigenvalue weighted by Gasteiger charge is -2.40. The van der Waals surface area contributed by atoms with Gasteiger partial charge in [-0.1, -0.05) is 51.1 Å². The summed E-state index contributed by atoms with van der Waals surface area (Å²) in [6.07, 6.45) is 0.496. The molecule has 1 N–H and O–H groups in total. The molecule has 35 heavy (non-hydrogen) atoms. The second-order valence-electron chi connectivity index (χ2n) is 11.1. The molecule has 190 valence electrons. The average molecular weight is 486 g/mol. The van der Waals surface area contributed by atoms with E-state index in [0.717, 1.165) is 32.5 Å². The Balaban J connectivity index is 1.32. The number of piperidine rings is 1. The van der Waals surface area contributed by atoms with E-state index < -0.39 is 23.4 Å². The number of likely N-dealkylation sites (tertiary alicyclic amines) is 2. The summed E-state index contributed by atoms with van der Waals surface area (Å²) in [6.45, 7) is 10.5. The fourth-order valence-corrected chi connectivity index (χ4v) is 4.69. The first-order chi connectivity index (χ1) is 16.5. The Bertz CT molecular complexity index is 1030. The van der Waals surface area contributed by atoms with Crippen molar-refractivity contribution in [2.75, 3.05) is 26.2 Å². The molecule has 9 heteroatoms. The van der Waals surface area contributed by atoms with Crippen LogP contribution in [0.3, 0.4) is 0 Å². The highest BCUT2D eigenvalue weighted by atomic mass is 19.1. The van der Waals surface area contributed by atoms with Gasteiger partial charge in [-0.05, 0) is 25.3 Å². The molecular weight excluding hydrogens is 449 g/mol. The Hall–Kier alpha value is -2.65. The van der Waals surface area contributed by atoms with Crippen LogP contribution in [0.2, 0.25) is 0 Å². The second kappa shape index (κ2) is 10.1. The number of amides is 1. The summed E-state index contributed by atoms with van der Waals surface area (Å²) in [5.41, 5.74) is 0.696. The number of hydrogen-bond donors (Lipinski definition) is 1. The third kappa shape index (κ3) is 6.13. The van der Waals surface area contributed by atoms with Crippen molar-refractivity contribution >= 4 is 11.7 Å². The summed E-state index contributed by atoms with van der Waals surface area (Å²) in [6, 6.07) is 9.47. The van der Waals surface area contributed by atoms with E-state index in [1.165, 1.54) is 10.5 Å². The molecule has 2 fully saturated rings. The number of aromatic nitrogens is 2.